The summed E-state index contributed by atoms with van der Waals surface area (Å²) in [7, 11) is 1.79. The van der Waals surface area contributed by atoms with Crippen LogP contribution in [-0.2, 0) is 4.18 Å². The molecule has 3 heteroatoms. The van der Waals surface area contributed by atoms with E-state index in [1.807, 2.05) is 0 Å². The molecule has 1 aliphatic heterocycles. The average Bonchev–Trinajstić information content (AvgIpc) is 2.39. The van der Waals surface area contributed by atoms with Crippen molar-refractivity contribution in [1.29, 1.82) is 0 Å². The standard InChI is InChI=1S/C14H25NOS/c1-16-17-15-9-8-14-12(10-15)7-6-11-4-2-3-5-13(11)14/h11-14H,2-10H2,1H3. The van der Waals surface area contributed by atoms with Crippen LogP contribution in [0.2, 0.25) is 0 Å². The van der Waals surface area contributed by atoms with E-state index < -0.39 is 0 Å². The van der Waals surface area contributed by atoms with Crippen LogP contribution in [0.25, 0.3) is 0 Å². The van der Waals surface area contributed by atoms with Gasteiger partial charge in [-0.2, -0.15) is 0 Å². The van der Waals surface area contributed by atoms with Crippen molar-refractivity contribution in [3.8, 4) is 0 Å². The molecule has 0 N–H and O–H groups in total. The van der Waals surface area contributed by atoms with Crippen LogP contribution in [0.15, 0.2) is 0 Å². The van der Waals surface area contributed by atoms with E-state index >= 15 is 0 Å². The second-order valence-electron chi connectivity index (χ2n) is 6.13. The maximum absolute atomic E-state index is 5.21. The first-order chi connectivity index (χ1) is 8.38. The molecular weight excluding hydrogens is 230 g/mol. The Hall–Kier alpha value is 0.270. The van der Waals surface area contributed by atoms with Gasteiger partial charge in [0.15, 0.2) is 0 Å². The quantitative estimate of drug-likeness (QED) is 0.551. The van der Waals surface area contributed by atoms with Crippen molar-refractivity contribution in [2.24, 2.45) is 23.7 Å². The summed E-state index contributed by atoms with van der Waals surface area (Å²) in [5, 5.41) is 0. The molecule has 0 amide bonds. The molecule has 2 saturated carbocycles. The highest BCUT2D eigenvalue weighted by Gasteiger charge is 2.42. The molecule has 2 nitrogen and oxygen atoms in total. The predicted molar refractivity (Wildman–Crippen MR) is 72.5 cm³/mol. The molecule has 0 aromatic heterocycles. The monoisotopic (exact) mass is 255 g/mol. The van der Waals surface area contributed by atoms with E-state index in [9.17, 15) is 0 Å². The molecule has 0 radical (unpaired) electrons. The fourth-order valence-corrected chi connectivity index (χ4v) is 5.29. The summed E-state index contributed by atoms with van der Waals surface area (Å²) in [4.78, 5) is 0. The van der Waals surface area contributed by atoms with Crippen molar-refractivity contribution >= 4 is 12.2 Å². The van der Waals surface area contributed by atoms with Gasteiger partial charge in [-0.15, -0.1) is 0 Å². The molecule has 0 aromatic rings. The number of hydrogen-bond donors (Lipinski definition) is 0. The van der Waals surface area contributed by atoms with Crippen molar-refractivity contribution in [1.82, 2.24) is 4.31 Å². The molecule has 3 rings (SSSR count). The van der Waals surface area contributed by atoms with E-state index in [0.717, 1.165) is 23.7 Å². The third kappa shape index (κ3) is 2.52. The van der Waals surface area contributed by atoms with Gasteiger partial charge < -0.3 is 4.18 Å². The topological polar surface area (TPSA) is 12.5 Å². The Labute approximate surface area is 110 Å². The van der Waals surface area contributed by atoms with Gasteiger partial charge in [-0.05, 0) is 49.4 Å². The van der Waals surface area contributed by atoms with Gasteiger partial charge in [0.1, 0.15) is 0 Å². The molecule has 2 aliphatic carbocycles. The molecule has 3 aliphatic rings. The highest BCUT2D eigenvalue weighted by molar-refractivity contribution is 7.92. The lowest BCUT2D eigenvalue weighted by molar-refractivity contribution is 0.0176. The van der Waals surface area contributed by atoms with Crippen LogP contribution in [0.1, 0.15) is 44.9 Å². The molecule has 3 fully saturated rings. The fourth-order valence-electron chi connectivity index (χ4n) is 4.65. The van der Waals surface area contributed by atoms with Gasteiger partial charge in [-0.25, -0.2) is 4.31 Å². The van der Waals surface area contributed by atoms with Crippen molar-refractivity contribution in [3.05, 3.63) is 0 Å². The third-order valence-corrected chi connectivity index (χ3v) is 6.05. The van der Waals surface area contributed by atoms with Crippen molar-refractivity contribution in [2.75, 3.05) is 20.2 Å². The SMILES string of the molecule is COSN1CCC2C(CCC3CCCCC32)C1. The summed E-state index contributed by atoms with van der Waals surface area (Å²) >= 11 is 1.57. The van der Waals surface area contributed by atoms with E-state index in [2.05, 4.69) is 4.31 Å². The number of piperidine rings is 1. The molecule has 4 unspecified atom stereocenters. The molecule has 98 valence electrons. The van der Waals surface area contributed by atoms with Crippen molar-refractivity contribution < 1.29 is 4.18 Å². The second kappa shape index (κ2) is 5.50. The minimum Gasteiger partial charge on any atom is -0.304 e. The Kier molecular flexibility index (Phi) is 3.98. The van der Waals surface area contributed by atoms with E-state index in [-0.39, 0.29) is 0 Å². The Balaban J connectivity index is 1.63. The van der Waals surface area contributed by atoms with E-state index in [4.69, 9.17) is 4.18 Å². The van der Waals surface area contributed by atoms with Crippen LogP contribution in [0.5, 0.6) is 0 Å². The van der Waals surface area contributed by atoms with Crippen LogP contribution in [-0.4, -0.2) is 24.5 Å². The maximum Gasteiger partial charge on any atom is 0.0816 e. The smallest absolute Gasteiger partial charge is 0.0816 e. The van der Waals surface area contributed by atoms with Gasteiger partial charge in [0, 0.05) is 13.1 Å². The van der Waals surface area contributed by atoms with E-state index in [1.165, 1.54) is 58.0 Å². The Bertz CT molecular complexity index is 261. The summed E-state index contributed by atoms with van der Waals surface area (Å²) < 4.78 is 7.65. The number of nitrogens with zero attached hydrogens (tertiary/aromatic N) is 1. The van der Waals surface area contributed by atoms with Crippen molar-refractivity contribution in [2.45, 2.75) is 44.9 Å². The Morgan fingerprint density at radius 3 is 2.59 bits per heavy atom. The van der Waals surface area contributed by atoms with Gasteiger partial charge in [0.25, 0.3) is 0 Å². The lowest BCUT2D eigenvalue weighted by Crippen LogP contribution is -2.45. The number of fused-ring (bicyclic) bond motifs is 3. The molecule has 17 heavy (non-hydrogen) atoms. The third-order valence-electron chi connectivity index (χ3n) is 5.36. The van der Waals surface area contributed by atoms with Gasteiger partial charge >= 0.3 is 0 Å². The summed E-state index contributed by atoms with van der Waals surface area (Å²) in [6.07, 6.45) is 10.5. The number of rotatable bonds is 2. The zero-order valence-corrected chi connectivity index (χ0v) is 11.8. The highest BCUT2D eigenvalue weighted by atomic mass is 32.2. The molecule has 0 aromatic carbocycles. The second-order valence-corrected chi connectivity index (χ2v) is 7.13. The minimum absolute atomic E-state index is 0.964. The first-order valence-electron chi connectivity index (χ1n) is 7.34. The highest BCUT2D eigenvalue weighted by Crippen LogP contribution is 2.49. The summed E-state index contributed by atoms with van der Waals surface area (Å²) in [5.74, 6) is 4.18. The molecular formula is C14H25NOS. The molecule has 1 saturated heterocycles. The van der Waals surface area contributed by atoms with E-state index in [0.29, 0.717) is 0 Å². The minimum atomic E-state index is 0.964. The first-order valence-corrected chi connectivity index (χ1v) is 8.04. The van der Waals surface area contributed by atoms with Gasteiger partial charge in [0.05, 0.1) is 19.3 Å². The lowest BCUT2D eigenvalue weighted by atomic mass is 9.60. The molecule has 4 atom stereocenters. The first kappa shape index (κ1) is 12.3. The van der Waals surface area contributed by atoms with Crippen LogP contribution in [0.4, 0.5) is 0 Å². The zero-order chi connectivity index (χ0) is 11.7. The lowest BCUT2D eigenvalue weighted by Gasteiger charge is -2.49. The van der Waals surface area contributed by atoms with Crippen LogP contribution in [0, 0.1) is 23.7 Å². The van der Waals surface area contributed by atoms with Crippen LogP contribution in [0.3, 0.4) is 0 Å². The van der Waals surface area contributed by atoms with Gasteiger partial charge in [-0.3, -0.25) is 0 Å². The Morgan fingerprint density at radius 1 is 0.941 bits per heavy atom. The van der Waals surface area contributed by atoms with Crippen LogP contribution < -0.4 is 0 Å². The maximum atomic E-state index is 5.21. The number of hydrogen-bond acceptors (Lipinski definition) is 3. The largest absolute Gasteiger partial charge is 0.304 e. The Morgan fingerprint density at radius 2 is 1.71 bits per heavy atom. The summed E-state index contributed by atoms with van der Waals surface area (Å²) in [6, 6.07) is 0. The van der Waals surface area contributed by atoms with Gasteiger partial charge in [0.2, 0.25) is 0 Å². The molecule has 0 bridgehead atoms. The summed E-state index contributed by atoms with van der Waals surface area (Å²) in [6.45, 7) is 2.51. The molecule has 0 spiro atoms. The van der Waals surface area contributed by atoms with Crippen LogP contribution >= 0.6 is 12.2 Å². The summed E-state index contributed by atoms with van der Waals surface area (Å²) in [5.41, 5.74) is 0. The zero-order valence-electron chi connectivity index (χ0n) is 10.9. The van der Waals surface area contributed by atoms with E-state index in [1.54, 1.807) is 19.3 Å². The molecule has 1 heterocycles. The average molecular weight is 255 g/mol. The fraction of sp³-hybridized carbons (Fsp3) is 1.00. The van der Waals surface area contributed by atoms with Crippen molar-refractivity contribution in [3.63, 3.8) is 0 Å². The van der Waals surface area contributed by atoms with Gasteiger partial charge in [-0.1, -0.05) is 19.3 Å². The predicted octanol–water partition coefficient (Wildman–Crippen LogP) is 3.73. The normalized spacial score (nSPS) is 42.9.